The summed E-state index contributed by atoms with van der Waals surface area (Å²) in [5, 5.41) is 20.6. The summed E-state index contributed by atoms with van der Waals surface area (Å²) in [5.41, 5.74) is 3.39. The first-order valence-electron chi connectivity index (χ1n) is 11.1. The zero-order valence-corrected chi connectivity index (χ0v) is 19.0. The molecule has 2 atom stereocenters. The Morgan fingerprint density at radius 3 is 2.45 bits per heavy atom. The quantitative estimate of drug-likeness (QED) is 0.574. The molecule has 0 radical (unpaired) electrons. The fourth-order valence-corrected chi connectivity index (χ4v) is 4.46. The maximum absolute atomic E-state index is 10.8. The van der Waals surface area contributed by atoms with Crippen LogP contribution in [0.2, 0.25) is 0 Å². The molecule has 0 spiro atoms. The number of benzene rings is 3. The second-order valence-electron chi connectivity index (χ2n) is 9.36. The minimum atomic E-state index is -0.520. The SMILES string of the molecule is C[C@@H]([C@@H](O)c1ccccc1)N(C)CC1=NN(Cc2cccc3ccccc23)C(C)(C)C1. The predicted octanol–water partition coefficient (Wildman–Crippen LogP) is 5.23. The number of hydrogen-bond acceptors (Lipinski definition) is 4. The molecule has 0 fully saturated rings. The van der Waals surface area contributed by atoms with E-state index in [2.05, 4.69) is 80.2 Å². The minimum Gasteiger partial charge on any atom is -0.387 e. The van der Waals surface area contributed by atoms with Gasteiger partial charge in [-0.1, -0.05) is 72.8 Å². The average molecular weight is 416 g/mol. The van der Waals surface area contributed by atoms with Crippen LogP contribution in [0.3, 0.4) is 0 Å². The molecule has 1 aliphatic rings. The lowest BCUT2D eigenvalue weighted by Crippen LogP contribution is -2.39. The molecule has 0 saturated heterocycles. The van der Waals surface area contributed by atoms with Crippen molar-refractivity contribution in [2.24, 2.45) is 5.10 Å². The van der Waals surface area contributed by atoms with E-state index in [4.69, 9.17) is 5.10 Å². The Hall–Kier alpha value is -2.69. The van der Waals surface area contributed by atoms with Crippen molar-refractivity contribution in [2.45, 2.75) is 51.4 Å². The van der Waals surface area contributed by atoms with E-state index in [1.54, 1.807) is 0 Å². The Kier molecular flexibility index (Phi) is 6.12. The van der Waals surface area contributed by atoms with Crippen LogP contribution in [0.5, 0.6) is 0 Å². The summed E-state index contributed by atoms with van der Waals surface area (Å²) in [4.78, 5) is 2.20. The summed E-state index contributed by atoms with van der Waals surface area (Å²) in [6.07, 6.45) is 0.406. The number of likely N-dealkylation sites (N-methyl/N-ethyl adjacent to an activating group) is 1. The third kappa shape index (κ3) is 4.65. The van der Waals surface area contributed by atoms with Crippen LogP contribution in [0.4, 0.5) is 0 Å². The van der Waals surface area contributed by atoms with Gasteiger partial charge >= 0.3 is 0 Å². The fourth-order valence-electron chi connectivity index (χ4n) is 4.46. The molecule has 0 aromatic heterocycles. The molecule has 3 aromatic carbocycles. The highest BCUT2D eigenvalue weighted by atomic mass is 16.3. The van der Waals surface area contributed by atoms with Gasteiger partial charge in [0.1, 0.15) is 0 Å². The molecule has 4 rings (SSSR count). The van der Waals surface area contributed by atoms with Crippen molar-refractivity contribution in [3.05, 3.63) is 83.9 Å². The van der Waals surface area contributed by atoms with Gasteiger partial charge in [-0.25, -0.2) is 0 Å². The summed E-state index contributed by atoms with van der Waals surface area (Å²) in [6.45, 7) is 8.14. The molecule has 0 amide bonds. The van der Waals surface area contributed by atoms with E-state index in [0.717, 1.165) is 25.1 Å². The normalized spacial score (nSPS) is 17.7. The lowest BCUT2D eigenvalue weighted by Gasteiger charge is -2.31. The predicted molar refractivity (Wildman–Crippen MR) is 129 cm³/mol. The monoisotopic (exact) mass is 415 g/mol. The van der Waals surface area contributed by atoms with Crippen LogP contribution in [0, 0.1) is 0 Å². The summed E-state index contributed by atoms with van der Waals surface area (Å²) in [6, 6.07) is 24.9. The second kappa shape index (κ2) is 8.81. The fraction of sp³-hybridized carbons (Fsp3) is 0.370. The molecular formula is C27H33N3O. The molecule has 4 heteroatoms. The van der Waals surface area contributed by atoms with Crippen LogP contribution >= 0.6 is 0 Å². The number of aliphatic hydroxyl groups is 1. The Morgan fingerprint density at radius 1 is 1.00 bits per heavy atom. The molecule has 0 unspecified atom stereocenters. The highest BCUT2D eigenvalue weighted by Gasteiger charge is 2.35. The third-order valence-electron chi connectivity index (χ3n) is 6.52. The lowest BCUT2D eigenvalue weighted by molar-refractivity contribution is 0.0804. The molecule has 162 valence electrons. The maximum atomic E-state index is 10.8. The van der Waals surface area contributed by atoms with Crippen molar-refractivity contribution in [2.75, 3.05) is 13.6 Å². The highest BCUT2D eigenvalue weighted by molar-refractivity contribution is 5.89. The van der Waals surface area contributed by atoms with E-state index in [9.17, 15) is 5.11 Å². The highest BCUT2D eigenvalue weighted by Crippen LogP contribution is 2.31. The molecule has 0 bridgehead atoms. The summed E-state index contributed by atoms with van der Waals surface area (Å²) in [5.74, 6) is 0. The summed E-state index contributed by atoms with van der Waals surface area (Å²) in [7, 11) is 2.07. The van der Waals surface area contributed by atoms with Crippen LogP contribution in [0.25, 0.3) is 10.8 Å². The van der Waals surface area contributed by atoms with Crippen molar-refractivity contribution < 1.29 is 5.11 Å². The van der Waals surface area contributed by atoms with E-state index < -0.39 is 6.10 Å². The zero-order chi connectivity index (χ0) is 22.0. The van der Waals surface area contributed by atoms with Gasteiger partial charge in [-0.2, -0.15) is 5.10 Å². The topological polar surface area (TPSA) is 39.1 Å². The van der Waals surface area contributed by atoms with Gasteiger partial charge in [0.05, 0.1) is 23.9 Å². The molecule has 31 heavy (non-hydrogen) atoms. The number of fused-ring (bicyclic) bond motifs is 1. The van der Waals surface area contributed by atoms with Gasteiger partial charge in [0, 0.05) is 19.0 Å². The van der Waals surface area contributed by atoms with Gasteiger partial charge in [-0.15, -0.1) is 0 Å². The first-order valence-corrected chi connectivity index (χ1v) is 11.1. The maximum Gasteiger partial charge on any atom is 0.0942 e. The third-order valence-corrected chi connectivity index (χ3v) is 6.52. The largest absolute Gasteiger partial charge is 0.387 e. The molecular weight excluding hydrogens is 382 g/mol. The summed E-state index contributed by atoms with van der Waals surface area (Å²) >= 11 is 0. The van der Waals surface area contributed by atoms with E-state index in [-0.39, 0.29) is 11.6 Å². The van der Waals surface area contributed by atoms with Gasteiger partial charge in [0.25, 0.3) is 0 Å². The number of hydrazone groups is 1. The molecule has 4 nitrogen and oxygen atoms in total. The zero-order valence-electron chi connectivity index (χ0n) is 19.0. The van der Waals surface area contributed by atoms with Crippen LogP contribution < -0.4 is 0 Å². The lowest BCUT2D eigenvalue weighted by atomic mass is 9.96. The Morgan fingerprint density at radius 2 is 1.68 bits per heavy atom. The van der Waals surface area contributed by atoms with E-state index in [1.807, 2.05) is 30.3 Å². The van der Waals surface area contributed by atoms with Crippen molar-refractivity contribution in [1.29, 1.82) is 0 Å². The second-order valence-corrected chi connectivity index (χ2v) is 9.36. The van der Waals surface area contributed by atoms with Crippen molar-refractivity contribution in [3.63, 3.8) is 0 Å². The van der Waals surface area contributed by atoms with Crippen molar-refractivity contribution in [3.8, 4) is 0 Å². The van der Waals surface area contributed by atoms with Gasteiger partial charge in [-0.3, -0.25) is 9.91 Å². The first-order chi connectivity index (χ1) is 14.8. The van der Waals surface area contributed by atoms with Crippen LogP contribution in [0.1, 0.15) is 44.4 Å². The number of aliphatic hydroxyl groups excluding tert-OH is 1. The first kappa shape index (κ1) is 21.5. The standard InChI is InChI=1S/C27H33N3O/c1-20(26(31)22-12-6-5-7-13-22)29(4)19-24-17-27(2,3)30(28-24)18-23-15-10-14-21-11-8-9-16-25(21)23/h5-16,20,26,31H,17-19H2,1-4H3/t20-,26+/m0/s1. The number of rotatable bonds is 7. The van der Waals surface area contributed by atoms with Crippen molar-refractivity contribution >= 4 is 16.5 Å². The Balaban J connectivity index is 1.48. The molecule has 0 aliphatic carbocycles. The van der Waals surface area contributed by atoms with E-state index in [1.165, 1.54) is 22.0 Å². The Labute approximate surface area is 185 Å². The van der Waals surface area contributed by atoms with Gasteiger partial charge in [0.15, 0.2) is 0 Å². The number of hydrogen-bond donors (Lipinski definition) is 1. The number of nitrogens with zero attached hydrogens (tertiary/aromatic N) is 3. The minimum absolute atomic E-state index is 0.000305. The van der Waals surface area contributed by atoms with E-state index >= 15 is 0 Å². The van der Waals surface area contributed by atoms with E-state index in [0.29, 0.717) is 0 Å². The smallest absolute Gasteiger partial charge is 0.0942 e. The van der Waals surface area contributed by atoms with Crippen LogP contribution in [-0.2, 0) is 6.54 Å². The summed E-state index contributed by atoms with van der Waals surface area (Å²) < 4.78 is 0. The van der Waals surface area contributed by atoms with Gasteiger partial charge in [0.2, 0.25) is 0 Å². The van der Waals surface area contributed by atoms with Crippen molar-refractivity contribution in [1.82, 2.24) is 9.91 Å². The van der Waals surface area contributed by atoms with Crippen LogP contribution in [0.15, 0.2) is 77.9 Å². The molecule has 0 saturated carbocycles. The molecule has 1 heterocycles. The van der Waals surface area contributed by atoms with Gasteiger partial charge < -0.3 is 5.11 Å². The Bertz CT molecular complexity index is 1060. The molecule has 1 N–H and O–H groups in total. The molecule has 1 aliphatic heterocycles. The van der Waals surface area contributed by atoms with Gasteiger partial charge in [-0.05, 0) is 49.7 Å². The van der Waals surface area contributed by atoms with Crippen LogP contribution in [-0.4, -0.2) is 45.9 Å². The molecule has 3 aromatic rings. The average Bonchev–Trinajstić information content (AvgIpc) is 3.06.